The van der Waals surface area contributed by atoms with Gasteiger partial charge in [-0.15, -0.1) is 11.8 Å². The molecule has 0 aliphatic carbocycles. The molecule has 2 N–H and O–H groups in total. The number of nitrogens with one attached hydrogen (secondary N) is 1. The number of carboxylic acid groups (broad SMARTS) is 1. The zero-order chi connectivity index (χ0) is 21.1. The fourth-order valence-corrected chi connectivity index (χ4v) is 4.97. The summed E-state index contributed by atoms with van der Waals surface area (Å²) in [7, 11) is 0. The summed E-state index contributed by atoms with van der Waals surface area (Å²) < 4.78 is 0. The Hall–Kier alpha value is -1.90. The molecular weight excluding hydrogens is 426 g/mol. The fraction of sp³-hybridized carbons (Fsp3) is 0.286. The van der Waals surface area contributed by atoms with Gasteiger partial charge in [0, 0.05) is 16.4 Å². The van der Waals surface area contributed by atoms with E-state index >= 15 is 0 Å². The van der Waals surface area contributed by atoms with Crippen molar-refractivity contribution < 1.29 is 19.5 Å². The summed E-state index contributed by atoms with van der Waals surface area (Å²) >= 11 is 3.98. The second kappa shape index (κ2) is 12.6. The number of amides is 1. The summed E-state index contributed by atoms with van der Waals surface area (Å²) in [6.45, 7) is 0. The van der Waals surface area contributed by atoms with E-state index in [0.717, 1.165) is 22.4 Å². The van der Waals surface area contributed by atoms with Crippen molar-refractivity contribution >= 4 is 52.3 Å². The van der Waals surface area contributed by atoms with Crippen LogP contribution in [0.4, 0.5) is 0 Å². The van der Waals surface area contributed by atoms with Crippen LogP contribution >= 0.6 is 35.3 Å². The molecule has 5 nitrogen and oxygen atoms in total. The highest BCUT2D eigenvalue weighted by molar-refractivity contribution is 8.15. The molecule has 0 radical (unpaired) electrons. The first-order valence-electron chi connectivity index (χ1n) is 8.91. The molecule has 2 rings (SSSR count). The van der Waals surface area contributed by atoms with Crippen LogP contribution in [0.5, 0.6) is 0 Å². The highest BCUT2D eigenvalue weighted by atomic mass is 32.2. The normalized spacial score (nSPS) is 12.7. The lowest BCUT2D eigenvalue weighted by atomic mass is 10.1. The van der Waals surface area contributed by atoms with Gasteiger partial charge in [0.1, 0.15) is 6.04 Å². The molecule has 1 amide bonds. The van der Waals surface area contributed by atoms with Crippen LogP contribution in [0.1, 0.15) is 15.9 Å². The van der Waals surface area contributed by atoms with E-state index in [9.17, 15) is 19.5 Å². The van der Waals surface area contributed by atoms with E-state index in [4.69, 9.17) is 0 Å². The second-order valence-corrected chi connectivity index (χ2v) is 9.56. The van der Waals surface area contributed by atoms with Gasteiger partial charge in [-0.2, -0.15) is 11.8 Å². The van der Waals surface area contributed by atoms with Crippen molar-refractivity contribution in [1.82, 2.24) is 5.32 Å². The van der Waals surface area contributed by atoms with Crippen LogP contribution in [0, 0.1) is 0 Å². The van der Waals surface area contributed by atoms with Crippen molar-refractivity contribution in [3.8, 4) is 0 Å². The third-order valence-corrected chi connectivity index (χ3v) is 7.21. The number of carbonyl (C=O) groups is 3. The summed E-state index contributed by atoms with van der Waals surface area (Å²) in [4.78, 5) is 37.1. The third kappa shape index (κ3) is 8.16. The van der Waals surface area contributed by atoms with Crippen molar-refractivity contribution in [2.45, 2.75) is 17.7 Å². The Kier molecular flexibility index (Phi) is 10.2. The van der Waals surface area contributed by atoms with E-state index in [1.165, 1.54) is 11.8 Å². The predicted octanol–water partition coefficient (Wildman–Crippen LogP) is 3.79. The first kappa shape index (κ1) is 23.4. The number of thioether (sulfide) groups is 3. The van der Waals surface area contributed by atoms with Crippen LogP contribution in [-0.4, -0.2) is 50.5 Å². The monoisotopic (exact) mass is 449 g/mol. The average Bonchev–Trinajstić information content (AvgIpc) is 2.73. The lowest BCUT2D eigenvalue weighted by molar-refractivity contribution is -0.141. The zero-order valence-corrected chi connectivity index (χ0v) is 18.4. The van der Waals surface area contributed by atoms with E-state index in [-0.39, 0.29) is 10.9 Å². The molecule has 0 bridgehead atoms. The molecule has 29 heavy (non-hydrogen) atoms. The highest BCUT2D eigenvalue weighted by Crippen LogP contribution is 2.22. The fourth-order valence-electron chi connectivity index (χ4n) is 2.48. The van der Waals surface area contributed by atoms with Gasteiger partial charge in [-0.1, -0.05) is 72.4 Å². The summed E-state index contributed by atoms with van der Waals surface area (Å²) in [6.07, 6.45) is 2.27. The van der Waals surface area contributed by atoms with E-state index in [1.807, 2.05) is 42.7 Å². The van der Waals surface area contributed by atoms with Crippen LogP contribution < -0.4 is 5.32 Å². The Morgan fingerprint density at radius 2 is 1.62 bits per heavy atom. The van der Waals surface area contributed by atoms with Crippen molar-refractivity contribution in [3.63, 3.8) is 0 Å². The Labute approximate surface area is 183 Å². The summed E-state index contributed by atoms with van der Waals surface area (Å²) in [6, 6.07) is 17.1. The van der Waals surface area contributed by atoms with Gasteiger partial charge >= 0.3 is 5.97 Å². The van der Waals surface area contributed by atoms with Crippen LogP contribution in [-0.2, 0) is 16.0 Å². The minimum Gasteiger partial charge on any atom is -0.480 e. The smallest absolute Gasteiger partial charge is 0.327 e. The van der Waals surface area contributed by atoms with Gasteiger partial charge in [0.25, 0.3) is 0 Å². The van der Waals surface area contributed by atoms with Crippen molar-refractivity contribution in [3.05, 3.63) is 71.8 Å². The number of rotatable bonds is 11. The van der Waals surface area contributed by atoms with E-state index < -0.39 is 23.2 Å². The van der Waals surface area contributed by atoms with Gasteiger partial charge < -0.3 is 10.4 Å². The van der Waals surface area contributed by atoms with E-state index in [1.54, 1.807) is 36.0 Å². The summed E-state index contributed by atoms with van der Waals surface area (Å²) in [5.74, 6) is -1.25. The lowest BCUT2D eigenvalue weighted by Gasteiger charge is -2.20. The summed E-state index contributed by atoms with van der Waals surface area (Å²) in [5, 5.41) is 11.9. The number of carbonyl (C=O) groups excluding carboxylic acids is 2. The maximum Gasteiger partial charge on any atom is 0.327 e. The van der Waals surface area contributed by atoms with Crippen LogP contribution in [0.25, 0.3) is 0 Å². The van der Waals surface area contributed by atoms with Crippen LogP contribution in [0.2, 0.25) is 0 Å². The predicted molar refractivity (Wildman–Crippen MR) is 123 cm³/mol. The largest absolute Gasteiger partial charge is 0.480 e. The van der Waals surface area contributed by atoms with Crippen molar-refractivity contribution in [2.75, 3.05) is 17.1 Å². The molecular formula is C21H23NO4S3. The standard InChI is InChI=1S/C21H23NO4S3/c1-27-14-28-13-17(20(24)25)22-19(23)18(12-15-8-4-2-5-9-15)29-21(26)16-10-6-3-7-11-16/h2-11,17-18H,12-14H2,1H3,(H,22,23)(H,24,25)/t17-,18-/m0/s1. The Morgan fingerprint density at radius 3 is 2.21 bits per heavy atom. The molecule has 0 heterocycles. The molecule has 8 heteroatoms. The zero-order valence-electron chi connectivity index (χ0n) is 15.9. The lowest BCUT2D eigenvalue weighted by Crippen LogP contribution is -2.46. The molecule has 0 aliphatic rings. The molecule has 0 saturated heterocycles. The summed E-state index contributed by atoms with van der Waals surface area (Å²) in [5.41, 5.74) is 1.42. The van der Waals surface area contributed by atoms with Gasteiger partial charge in [0.2, 0.25) is 11.0 Å². The number of hydrogen-bond donors (Lipinski definition) is 2. The quantitative estimate of drug-likeness (QED) is 0.399. The van der Waals surface area contributed by atoms with E-state index in [0.29, 0.717) is 12.0 Å². The molecule has 154 valence electrons. The van der Waals surface area contributed by atoms with Gasteiger partial charge in [0.05, 0.1) is 5.25 Å². The minimum atomic E-state index is -1.08. The van der Waals surface area contributed by atoms with Crippen molar-refractivity contribution in [1.29, 1.82) is 0 Å². The van der Waals surface area contributed by atoms with Gasteiger partial charge in [-0.05, 0) is 18.2 Å². The Morgan fingerprint density at radius 1 is 1.00 bits per heavy atom. The number of aliphatic carboxylic acids is 1. The van der Waals surface area contributed by atoms with Gasteiger partial charge in [-0.3, -0.25) is 9.59 Å². The van der Waals surface area contributed by atoms with Gasteiger partial charge in [-0.25, -0.2) is 4.79 Å². The van der Waals surface area contributed by atoms with Crippen LogP contribution in [0.15, 0.2) is 60.7 Å². The number of benzene rings is 2. The molecule has 2 aromatic rings. The number of carboxylic acids is 1. The van der Waals surface area contributed by atoms with Gasteiger partial charge in [0.15, 0.2) is 0 Å². The van der Waals surface area contributed by atoms with E-state index in [2.05, 4.69) is 5.32 Å². The first-order valence-corrected chi connectivity index (χ1v) is 12.3. The maximum absolute atomic E-state index is 12.9. The molecule has 0 saturated carbocycles. The third-order valence-electron chi connectivity index (χ3n) is 3.92. The first-order chi connectivity index (χ1) is 14.0. The number of hydrogen-bond acceptors (Lipinski definition) is 6. The maximum atomic E-state index is 12.9. The average molecular weight is 450 g/mol. The molecule has 0 fully saturated rings. The molecule has 0 aromatic heterocycles. The molecule has 2 atom stereocenters. The topological polar surface area (TPSA) is 83.5 Å². The minimum absolute atomic E-state index is 0.217. The SMILES string of the molecule is CSCSC[C@H](NC(=O)[C@H](Cc1ccccc1)SC(=O)c1ccccc1)C(=O)O. The van der Waals surface area contributed by atoms with Crippen LogP contribution in [0.3, 0.4) is 0 Å². The second-order valence-electron chi connectivity index (χ2n) is 6.13. The van der Waals surface area contributed by atoms with Crippen molar-refractivity contribution in [2.24, 2.45) is 0 Å². The Balaban J connectivity index is 2.13. The highest BCUT2D eigenvalue weighted by Gasteiger charge is 2.28. The molecule has 2 aromatic carbocycles. The Bertz CT molecular complexity index is 802. The molecule has 0 unspecified atom stereocenters. The molecule has 0 spiro atoms. The molecule has 0 aliphatic heterocycles.